The quantitative estimate of drug-likeness (QED) is 0.823. The van der Waals surface area contributed by atoms with Crippen molar-refractivity contribution in [2.75, 3.05) is 26.7 Å². The SMILES string of the molecule is COc1ccccc1C(=O)N1CC(=O)N2CC(C)(C)c3ccccc3C2C1. The summed E-state index contributed by atoms with van der Waals surface area (Å²) >= 11 is 0. The molecule has 27 heavy (non-hydrogen) atoms. The third-order valence-corrected chi connectivity index (χ3v) is 5.66. The number of para-hydroxylation sites is 1. The lowest BCUT2D eigenvalue weighted by Crippen LogP contribution is -2.58. The van der Waals surface area contributed by atoms with E-state index in [1.807, 2.05) is 29.2 Å². The number of rotatable bonds is 2. The van der Waals surface area contributed by atoms with Gasteiger partial charge < -0.3 is 14.5 Å². The second-order valence-corrected chi connectivity index (χ2v) is 7.89. The third-order valence-electron chi connectivity index (χ3n) is 5.66. The molecule has 1 saturated heterocycles. The third kappa shape index (κ3) is 2.87. The van der Waals surface area contributed by atoms with Gasteiger partial charge in [-0.1, -0.05) is 50.2 Å². The normalized spacial score (nSPS) is 20.7. The summed E-state index contributed by atoms with van der Waals surface area (Å²) < 4.78 is 5.33. The Kier molecular flexibility index (Phi) is 4.17. The van der Waals surface area contributed by atoms with Crippen molar-refractivity contribution in [3.63, 3.8) is 0 Å². The zero-order valence-corrected chi connectivity index (χ0v) is 15.9. The van der Waals surface area contributed by atoms with Crippen molar-refractivity contribution in [1.29, 1.82) is 0 Å². The summed E-state index contributed by atoms with van der Waals surface area (Å²) in [7, 11) is 1.55. The van der Waals surface area contributed by atoms with Gasteiger partial charge in [0.15, 0.2) is 0 Å². The fraction of sp³-hybridized carbons (Fsp3) is 0.364. The summed E-state index contributed by atoms with van der Waals surface area (Å²) in [6.45, 7) is 5.61. The van der Waals surface area contributed by atoms with Crippen LogP contribution in [0.4, 0.5) is 0 Å². The molecule has 5 heteroatoms. The number of fused-ring (bicyclic) bond motifs is 3. The van der Waals surface area contributed by atoms with Gasteiger partial charge >= 0.3 is 0 Å². The van der Waals surface area contributed by atoms with Crippen molar-refractivity contribution in [3.8, 4) is 5.75 Å². The number of ether oxygens (including phenoxy) is 1. The standard InChI is InChI=1S/C22H24N2O3/c1-22(2)14-24-18(15-8-4-6-10-17(15)22)12-23(13-20(24)25)21(26)16-9-5-7-11-19(16)27-3/h4-11,18H,12-14H2,1-3H3. The smallest absolute Gasteiger partial charge is 0.258 e. The van der Waals surface area contributed by atoms with E-state index in [9.17, 15) is 9.59 Å². The van der Waals surface area contributed by atoms with Crippen LogP contribution in [0.25, 0.3) is 0 Å². The molecule has 0 N–H and O–H groups in total. The molecule has 4 rings (SSSR count). The molecule has 0 aromatic heterocycles. The topological polar surface area (TPSA) is 49.9 Å². The zero-order chi connectivity index (χ0) is 19.2. The molecule has 2 aromatic carbocycles. The molecule has 0 saturated carbocycles. The molecular weight excluding hydrogens is 340 g/mol. The summed E-state index contributed by atoms with van der Waals surface area (Å²) in [5.74, 6) is 0.363. The van der Waals surface area contributed by atoms with Crippen molar-refractivity contribution in [2.24, 2.45) is 0 Å². The van der Waals surface area contributed by atoms with Crippen molar-refractivity contribution in [2.45, 2.75) is 25.3 Å². The Bertz CT molecular complexity index is 906. The first-order chi connectivity index (χ1) is 12.9. The Labute approximate surface area is 159 Å². The Morgan fingerprint density at radius 1 is 1.11 bits per heavy atom. The molecule has 2 heterocycles. The Balaban J connectivity index is 1.70. The molecule has 2 aliphatic heterocycles. The van der Waals surface area contributed by atoms with E-state index in [1.165, 1.54) is 5.56 Å². The molecule has 2 aromatic rings. The minimum Gasteiger partial charge on any atom is -0.496 e. The van der Waals surface area contributed by atoms with E-state index in [1.54, 1.807) is 24.1 Å². The number of benzene rings is 2. The number of piperazine rings is 1. The van der Waals surface area contributed by atoms with E-state index in [4.69, 9.17) is 4.74 Å². The van der Waals surface area contributed by atoms with Crippen LogP contribution in [0.5, 0.6) is 5.75 Å². The number of carbonyl (C=O) groups is 2. The predicted octanol–water partition coefficient (Wildman–Crippen LogP) is 3.01. The van der Waals surface area contributed by atoms with Gasteiger partial charge in [0.1, 0.15) is 12.3 Å². The highest BCUT2D eigenvalue weighted by molar-refractivity contribution is 5.99. The van der Waals surface area contributed by atoms with Crippen LogP contribution in [0.2, 0.25) is 0 Å². The summed E-state index contributed by atoms with van der Waals surface area (Å²) in [5.41, 5.74) is 2.79. The van der Waals surface area contributed by atoms with Gasteiger partial charge in [0.05, 0.1) is 18.7 Å². The molecule has 2 aliphatic rings. The van der Waals surface area contributed by atoms with Crippen LogP contribution in [0, 0.1) is 0 Å². The Morgan fingerprint density at radius 2 is 1.81 bits per heavy atom. The fourth-order valence-corrected chi connectivity index (χ4v) is 4.33. The second-order valence-electron chi connectivity index (χ2n) is 7.89. The molecule has 1 unspecified atom stereocenters. The zero-order valence-electron chi connectivity index (χ0n) is 15.9. The van der Waals surface area contributed by atoms with Gasteiger partial charge in [0.2, 0.25) is 5.91 Å². The van der Waals surface area contributed by atoms with Crippen LogP contribution < -0.4 is 4.74 Å². The van der Waals surface area contributed by atoms with Crippen LogP contribution in [0.15, 0.2) is 48.5 Å². The molecule has 5 nitrogen and oxygen atoms in total. The maximum Gasteiger partial charge on any atom is 0.258 e. The highest BCUT2D eigenvalue weighted by Crippen LogP contribution is 2.41. The van der Waals surface area contributed by atoms with Gasteiger partial charge in [-0.05, 0) is 23.3 Å². The number of hydrogen-bond acceptors (Lipinski definition) is 3. The molecule has 0 aliphatic carbocycles. The van der Waals surface area contributed by atoms with E-state index in [0.717, 1.165) is 5.56 Å². The van der Waals surface area contributed by atoms with Crippen LogP contribution in [0.1, 0.15) is 41.4 Å². The van der Waals surface area contributed by atoms with Gasteiger partial charge in [0, 0.05) is 18.5 Å². The lowest BCUT2D eigenvalue weighted by atomic mass is 9.75. The molecule has 0 bridgehead atoms. The van der Waals surface area contributed by atoms with Crippen molar-refractivity contribution < 1.29 is 14.3 Å². The summed E-state index contributed by atoms with van der Waals surface area (Å²) in [6, 6.07) is 15.3. The molecule has 140 valence electrons. The van der Waals surface area contributed by atoms with Gasteiger partial charge in [-0.25, -0.2) is 0 Å². The first kappa shape index (κ1) is 17.6. The predicted molar refractivity (Wildman–Crippen MR) is 103 cm³/mol. The van der Waals surface area contributed by atoms with Crippen molar-refractivity contribution >= 4 is 11.8 Å². The first-order valence-corrected chi connectivity index (χ1v) is 9.23. The fourth-order valence-electron chi connectivity index (χ4n) is 4.33. The van der Waals surface area contributed by atoms with E-state index in [-0.39, 0.29) is 29.8 Å². The average molecular weight is 364 g/mol. The summed E-state index contributed by atoms with van der Waals surface area (Å²) in [5, 5.41) is 0. The molecule has 1 fully saturated rings. The van der Waals surface area contributed by atoms with E-state index in [2.05, 4.69) is 26.0 Å². The largest absolute Gasteiger partial charge is 0.496 e. The van der Waals surface area contributed by atoms with Gasteiger partial charge in [0.25, 0.3) is 5.91 Å². The number of methoxy groups -OCH3 is 1. The van der Waals surface area contributed by atoms with Crippen LogP contribution in [0.3, 0.4) is 0 Å². The molecule has 1 atom stereocenters. The molecule has 2 amide bonds. The average Bonchev–Trinajstić information content (AvgIpc) is 2.68. The maximum atomic E-state index is 13.1. The Hall–Kier alpha value is -2.82. The highest BCUT2D eigenvalue weighted by atomic mass is 16.5. The maximum absolute atomic E-state index is 13.1. The molecular formula is C22H24N2O3. The number of amides is 2. The van der Waals surface area contributed by atoms with E-state index in [0.29, 0.717) is 24.4 Å². The van der Waals surface area contributed by atoms with E-state index < -0.39 is 0 Å². The van der Waals surface area contributed by atoms with Crippen LogP contribution in [-0.2, 0) is 10.2 Å². The van der Waals surface area contributed by atoms with Crippen LogP contribution >= 0.6 is 0 Å². The summed E-state index contributed by atoms with van der Waals surface area (Å²) in [4.78, 5) is 29.6. The van der Waals surface area contributed by atoms with E-state index >= 15 is 0 Å². The minimum absolute atomic E-state index is 0.00271. The van der Waals surface area contributed by atoms with Gasteiger partial charge in [-0.15, -0.1) is 0 Å². The minimum atomic E-state index is -0.164. The lowest BCUT2D eigenvalue weighted by molar-refractivity contribution is -0.140. The second kappa shape index (κ2) is 6.41. The molecule has 0 radical (unpaired) electrons. The summed E-state index contributed by atoms with van der Waals surface area (Å²) in [6.07, 6.45) is 0. The highest BCUT2D eigenvalue weighted by Gasteiger charge is 2.44. The van der Waals surface area contributed by atoms with Crippen molar-refractivity contribution in [3.05, 3.63) is 65.2 Å². The number of hydrogen-bond donors (Lipinski definition) is 0. The van der Waals surface area contributed by atoms with Crippen molar-refractivity contribution in [1.82, 2.24) is 9.80 Å². The Morgan fingerprint density at radius 3 is 2.59 bits per heavy atom. The number of nitrogens with zero attached hydrogens (tertiary/aromatic N) is 2. The first-order valence-electron chi connectivity index (χ1n) is 9.23. The van der Waals surface area contributed by atoms with Crippen LogP contribution in [-0.4, -0.2) is 48.4 Å². The molecule has 0 spiro atoms. The van der Waals surface area contributed by atoms with Gasteiger partial charge in [-0.3, -0.25) is 9.59 Å². The number of carbonyl (C=O) groups excluding carboxylic acids is 2. The lowest BCUT2D eigenvalue weighted by Gasteiger charge is -2.49. The monoisotopic (exact) mass is 364 g/mol. The van der Waals surface area contributed by atoms with Gasteiger partial charge in [-0.2, -0.15) is 0 Å².